The Kier molecular flexibility index (Phi) is 5.01. The van der Waals surface area contributed by atoms with Crippen molar-refractivity contribution in [3.8, 4) is 5.75 Å². The molecule has 0 aliphatic carbocycles. The zero-order valence-corrected chi connectivity index (χ0v) is 11.1. The number of pyridine rings is 1. The fourth-order valence-corrected chi connectivity index (χ4v) is 1.87. The van der Waals surface area contributed by atoms with Crippen molar-refractivity contribution in [2.24, 2.45) is 0 Å². The molecule has 20 heavy (non-hydrogen) atoms. The highest BCUT2D eigenvalue weighted by Gasteiger charge is 2.08. The van der Waals surface area contributed by atoms with Crippen molar-refractivity contribution in [2.75, 3.05) is 0 Å². The van der Waals surface area contributed by atoms with Crippen LogP contribution in [0.25, 0.3) is 0 Å². The van der Waals surface area contributed by atoms with Crippen molar-refractivity contribution in [1.29, 1.82) is 0 Å². The summed E-state index contributed by atoms with van der Waals surface area (Å²) in [6.45, 7) is 0.281. The fourth-order valence-electron chi connectivity index (χ4n) is 1.87. The van der Waals surface area contributed by atoms with Crippen LogP contribution in [0.5, 0.6) is 5.75 Å². The molecule has 3 nitrogen and oxygen atoms in total. The maximum absolute atomic E-state index is 12.3. The van der Waals surface area contributed by atoms with E-state index in [9.17, 15) is 8.78 Å². The van der Waals surface area contributed by atoms with Crippen LogP contribution in [0.1, 0.15) is 16.7 Å². The van der Waals surface area contributed by atoms with Crippen LogP contribution in [0.3, 0.4) is 0 Å². The van der Waals surface area contributed by atoms with E-state index in [1.807, 2.05) is 13.0 Å². The van der Waals surface area contributed by atoms with Crippen LogP contribution in [0, 0.1) is 6.92 Å². The van der Waals surface area contributed by atoms with E-state index >= 15 is 0 Å². The van der Waals surface area contributed by atoms with E-state index in [4.69, 9.17) is 0 Å². The largest absolute Gasteiger partial charge is 0.434 e. The summed E-state index contributed by atoms with van der Waals surface area (Å²) in [7, 11) is 0. The molecule has 1 N–H and O–H groups in total. The summed E-state index contributed by atoms with van der Waals surface area (Å²) in [6.07, 6.45) is 3.54. The minimum Gasteiger partial charge on any atom is -0.434 e. The van der Waals surface area contributed by atoms with Crippen LogP contribution in [0.4, 0.5) is 8.78 Å². The third kappa shape index (κ3) is 3.99. The Hall–Kier alpha value is -2.01. The Bertz CT molecular complexity index is 561. The maximum atomic E-state index is 12.3. The van der Waals surface area contributed by atoms with Gasteiger partial charge in [-0.1, -0.05) is 18.2 Å². The standard InChI is InChI=1S/C15H16F2N2O/c1-11-6-7-18-9-13(11)10-19-8-12-4-2-3-5-14(12)20-15(16)17/h2-7,9,15,19H,8,10H2,1H3. The summed E-state index contributed by atoms with van der Waals surface area (Å²) in [5.74, 6) is 0.206. The number of benzene rings is 1. The Morgan fingerprint density at radius 1 is 1.15 bits per heavy atom. The van der Waals surface area contributed by atoms with Gasteiger partial charge in [-0.05, 0) is 30.2 Å². The quantitative estimate of drug-likeness (QED) is 0.880. The minimum atomic E-state index is -2.81. The summed E-state index contributed by atoms with van der Waals surface area (Å²) >= 11 is 0. The summed E-state index contributed by atoms with van der Waals surface area (Å²) < 4.78 is 29.1. The molecule has 0 aliphatic rings. The molecule has 0 fully saturated rings. The van der Waals surface area contributed by atoms with Gasteiger partial charge in [-0.3, -0.25) is 4.98 Å². The molecule has 0 saturated heterocycles. The van der Waals surface area contributed by atoms with Crippen LogP contribution < -0.4 is 10.1 Å². The lowest BCUT2D eigenvalue weighted by atomic mass is 10.1. The second kappa shape index (κ2) is 6.96. The van der Waals surface area contributed by atoms with E-state index in [1.54, 1.807) is 36.7 Å². The minimum absolute atomic E-state index is 0.206. The first-order valence-corrected chi connectivity index (χ1v) is 6.29. The van der Waals surface area contributed by atoms with Gasteiger partial charge >= 0.3 is 6.61 Å². The number of rotatable bonds is 6. The first kappa shape index (κ1) is 14.4. The van der Waals surface area contributed by atoms with Crippen molar-refractivity contribution >= 4 is 0 Å². The molecule has 1 aromatic heterocycles. The van der Waals surface area contributed by atoms with E-state index in [-0.39, 0.29) is 5.75 Å². The second-order valence-corrected chi connectivity index (χ2v) is 4.39. The van der Waals surface area contributed by atoms with Gasteiger partial charge in [-0.15, -0.1) is 0 Å². The molecule has 0 amide bonds. The molecule has 0 unspecified atom stereocenters. The van der Waals surface area contributed by atoms with Crippen LogP contribution in [0.2, 0.25) is 0 Å². The van der Waals surface area contributed by atoms with Gasteiger partial charge in [-0.25, -0.2) is 0 Å². The molecule has 1 aromatic carbocycles. The van der Waals surface area contributed by atoms with Crippen LogP contribution in [-0.2, 0) is 13.1 Å². The molecule has 106 valence electrons. The average Bonchev–Trinajstić information content (AvgIpc) is 2.42. The van der Waals surface area contributed by atoms with Gasteiger partial charge in [0, 0.05) is 31.0 Å². The van der Waals surface area contributed by atoms with Gasteiger partial charge in [0.25, 0.3) is 0 Å². The number of para-hydroxylation sites is 1. The van der Waals surface area contributed by atoms with Gasteiger partial charge in [0.05, 0.1) is 0 Å². The molecular formula is C15H16F2N2O. The third-order valence-electron chi connectivity index (χ3n) is 2.97. The summed E-state index contributed by atoms with van der Waals surface area (Å²) in [5.41, 5.74) is 2.93. The van der Waals surface area contributed by atoms with Crippen molar-refractivity contribution in [2.45, 2.75) is 26.6 Å². The predicted octanol–water partition coefficient (Wildman–Crippen LogP) is 3.28. The third-order valence-corrected chi connectivity index (χ3v) is 2.97. The number of hydrogen-bond acceptors (Lipinski definition) is 3. The lowest BCUT2D eigenvalue weighted by Crippen LogP contribution is -2.15. The SMILES string of the molecule is Cc1ccncc1CNCc1ccccc1OC(F)F. The molecule has 2 aromatic rings. The van der Waals surface area contributed by atoms with Gasteiger partial charge in [0.15, 0.2) is 0 Å². The molecule has 0 spiro atoms. The monoisotopic (exact) mass is 278 g/mol. The van der Waals surface area contributed by atoms with Gasteiger partial charge in [-0.2, -0.15) is 8.78 Å². The zero-order valence-electron chi connectivity index (χ0n) is 11.1. The van der Waals surface area contributed by atoms with E-state index in [1.165, 1.54) is 0 Å². The molecule has 1 heterocycles. The fraction of sp³-hybridized carbons (Fsp3) is 0.267. The van der Waals surface area contributed by atoms with Crippen molar-refractivity contribution in [3.05, 3.63) is 59.4 Å². The Morgan fingerprint density at radius 2 is 1.90 bits per heavy atom. The first-order chi connectivity index (χ1) is 9.66. The average molecular weight is 278 g/mol. The number of alkyl halides is 2. The molecule has 5 heteroatoms. The van der Waals surface area contributed by atoms with Crippen molar-refractivity contribution in [1.82, 2.24) is 10.3 Å². The van der Waals surface area contributed by atoms with Crippen LogP contribution in [0.15, 0.2) is 42.7 Å². The lowest BCUT2D eigenvalue weighted by Gasteiger charge is -2.12. The topological polar surface area (TPSA) is 34.2 Å². The number of nitrogens with zero attached hydrogens (tertiary/aromatic N) is 1. The zero-order chi connectivity index (χ0) is 14.4. The highest BCUT2D eigenvalue weighted by Crippen LogP contribution is 2.20. The number of nitrogens with one attached hydrogen (secondary N) is 1. The molecule has 0 bridgehead atoms. The molecular weight excluding hydrogens is 262 g/mol. The van der Waals surface area contributed by atoms with Crippen LogP contribution in [-0.4, -0.2) is 11.6 Å². The number of aryl methyl sites for hydroxylation is 1. The van der Waals surface area contributed by atoms with Crippen molar-refractivity contribution < 1.29 is 13.5 Å². The van der Waals surface area contributed by atoms with Crippen molar-refractivity contribution in [3.63, 3.8) is 0 Å². The number of ether oxygens (including phenoxy) is 1. The number of halogens is 2. The number of hydrogen-bond donors (Lipinski definition) is 1. The molecule has 2 rings (SSSR count). The van der Waals surface area contributed by atoms with E-state index < -0.39 is 6.61 Å². The summed E-state index contributed by atoms with van der Waals surface area (Å²) in [5, 5.41) is 3.21. The number of aromatic nitrogens is 1. The summed E-state index contributed by atoms with van der Waals surface area (Å²) in [4.78, 5) is 4.06. The first-order valence-electron chi connectivity index (χ1n) is 6.29. The maximum Gasteiger partial charge on any atom is 0.387 e. The molecule has 0 atom stereocenters. The Balaban J connectivity index is 1.96. The van der Waals surface area contributed by atoms with Gasteiger partial charge in [0.2, 0.25) is 0 Å². The van der Waals surface area contributed by atoms with Gasteiger partial charge in [0.1, 0.15) is 5.75 Å². The van der Waals surface area contributed by atoms with E-state index in [2.05, 4.69) is 15.0 Å². The van der Waals surface area contributed by atoms with Gasteiger partial charge < -0.3 is 10.1 Å². The molecule has 0 radical (unpaired) electrons. The lowest BCUT2D eigenvalue weighted by molar-refractivity contribution is -0.0505. The highest BCUT2D eigenvalue weighted by molar-refractivity contribution is 5.33. The summed E-state index contributed by atoms with van der Waals surface area (Å²) in [6, 6.07) is 8.71. The molecule has 0 aliphatic heterocycles. The normalized spacial score (nSPS) is 10.8. The van der Waals surface area contributed by atoms with E-state index in [0.29, 0.717) is 18.7 Å². The van der Waals surface area contributed by atoms with Crippen LogP contribution >= 0.6 is 0 Å². The molecule has 0 saturated carbocycles. The second-order valence-electron chi connectivity index (χ2n) is 4.39. The predicted molar refractivity (Wildman–Crippen MR) is 72.6 cm³/mol. The Labute approximate surface area is 116 Å². The Morgan fingerprint density at radius 3 is 2.65 bits per heavy atom. The smallest absolute Gasteiger partial charge is 0.387 e. The van der Waals surface area contributed by atoms with E-state index in [0.717, 1.165) is 11.1 Å². The highest BCUT2D eigenvalue weighted by atomic mass is 19.3.